The molecule has 0 radical (unpaired) electrons. The summed E-state index contributed by atoms with van der Waals surface area (Å²) in [6.45, 7) is 5.39. The second-order valence-corrected chi connectivity index (χ2v) is 6.15. The van der Waals surface area contributed by atoms with Crippen LogP contribution in [0.5, 0.6) is 0 Å². The summed E-state index contributed by atoms with van der Waals surface area (Å²) in [4.78, 5) is 0. The van der Waals surface area contributed by atoms with Crippen LogP contribution in [0.2, 0.25) is 0 Å². The Hall–Kier alpha value is -1.60. The van der Waals surface area contributed by atoms with Gasteiger partial charge in [-0.15, -0.1) is 0 Å². The van der Waals surface area contributed by atoms with Crippen LogP contribution >= 0.6 is 0 Å². The summed E-state index contributed by atoms with van der Waals surface area (Å²) in [5, 5.41) is 3.64. The molecule has 21 heavy (non-hydrogen) atoms. The van der Waals surface area contributed by atoms with Gasteiger partial charge in [-0.25, -0.2) is 0 Å². The zero-order chi connectivity index (χ0) is 14.7. The lowest BCUT2D eigenvalue weighted by molar-refractivity contribution is 0.574. The van der Waals surface area contributed by atoms with Crippen LogP contribution in [0.3, 0.4) is 0 Å². The molecule has 1 heteroatoms. The molecule has 0 fully saturated rings. The highest BCUT2D eigenvalue weighted by atomic mass is 14.9. The quantitative estimate of drug-likeness (QED) is 0.844. The van der Waals surface area contributed by atoms with Gasteiger partial charge in [-0.2, -0.15) is 0 Å². The van der Waals surface area contributed by atoms with Crippen molar-refractivity contribution in [3.8, 4) is 0 Å². The Balaban J connectivity index is 1.61. The summed E-state index contributed by atoms with van der Waals surface area (Å²) >= 11 is 0. The number of benzene rings is 2. The summed E-state index contributed by atoms with van der Waals surface area (Å²) in [5.41, 5.74) is 7.31. The van der Waals surface area contributed by atoms with Crippen molar-refractivity contribution in [2.24, 2.45) is 0 Å². The fourth-order valence-electron chi connectivity index (χ4n) is 3.17. The Bertz CT molecular complexity index is 598. The molecule has 0 bridgehead atoms. The molecule has 110 valence electrons. The van der Waals surface area contributed by atoms with E-state index in [2.05, 4.69) is 61.6 Å². The normalized spacial score (nSPS) is 15.0. The summed E-state index contributed by atoms with van der Waals surface area (Å²) in [6, 6.07) is 16.4. The molecule has 0 aliphatic heterocycles. The molecule has 3 rings (SSSR count). The topological polar surface area (TPSA) is 12.0 Å². The molecule has 1 aliphatic rings. The molecule has 0 saturated carbocycles. The molecule has 0 amide bonds. The number of aryl methyl sites for hydroxylation is 3. The van der Waals surface area contributed by atoms with E-state index >= 15 is 0 Å². The van der Waals surface area contributed by atoms with Crippen molar-refractivity contribution < 1.29 is 0 Å². The lowest BCUT2D eigenvalue weighted by Gasteiger charge is -2.15. The van der Waals surface area contributed by atoms with E-state index in [9.17, 15) is 0 Å². The maximum absolute atomic E-state index is 3.64. The number of rotatable bonds is 5. The fraction of sp³-hybridized carbons (Fsp3) is 0.400. The van der Waals surface area contributed by atoms with Crippen molar-refractivity contribution in [1.82, 2.24) is 5.32 Å². The summed E-state index contributed by atoms with van der Waals surface area (Å²) in [5.74, 6) is 0. The van der Waals surface area contributed by atoms with Crippen molar-refractivity contribution in [1.29, 1.82) is 0 Å². The summed E-state index contributed by atoms with van der Waals surface area (Å²) < 4.78 is 0. The van der Waals surface area contributed by atoms with E-state index in [4.69, 9.17) is 0 Å². The van der Waals surface area contributed by atoms with E-state index in [1.807, 2.05) is 0 Å². The van der Waals surface area contributed by atoms with Gasteiger partial charge in [0.05, 0.1) is 0 Å². The second-order valence-electron chi connectivity index (χ2n) is 6.15. The number of hydrogen-bond acceptors (Lipinski definition) is 1. The minimum atomic E-state index is 0.393. The monoisotopic (exact) mass is 279 g/mol. The van der Waals surface area contributed by atoms with Crippen molar-refractivity contribution in [2.75, 3.05) is 0 Å². The van der Waals surface area contributed by atoms with Crippen LogP contribution in [0.4, 0.5) is 0 Å². The van der Waals surface area contributed by atoms with Crippen molar-refractivity contribution in [3.63, 3.8) is 0 Å². The zero-order valence-corrected chi connectivity index (χ0v) is 13.2. The smallest absolute Gasteiger partial charge is 0.0294 e. The molecule has 2 aromatic rings. The number of hydrogen-bond donors (Lipinski definition) is 1. The molecule has 2 aromatic carbocycles. The van der Waals surface area contributed by atoms with Crippen LogP contribution in [0.15, 0.2) is 42.5 Å². The molecule has 1 aliphatic carbocycles. The molecule has 0 aromatic heterocycles. The van der Waals surface area contributed by atoms with Gasteiger partial charge in [0.15, 0.2) is 0 Å². The highest BCUT2D eigenvalue weighted by molar-refractivity contribution is 5.35. The van der Waals surface area contributed by atoms with Crippen LogP contribution in [0.25, 0.3) is 0 Å². The SMILES string of the molecule is CCc1ccc(C(C)NCc2ccc3c(c2)CCC3)cc1. The highest BCUT2D eigenvalue weighted by Crippen LogP contribution is 2.23. The van der Waals surface area contributed by atoms with Gasteiger partial charge in [-0.3, -0.25) is 0 Å². The van der Waals surface area contributed by atoms with Crippen LogP contribution < -0.4 is 5.32 Å². The predicted octanol–water partition coefficient (Wildman–Crippen LogP) is 4.59. The maximum Gasteiger partial charge on any atom is 0.0294 e. The standard InChI is InChI=1S/C20H25N/c1-3-16-7-10-18(11-8-16)15(2)21-14-17-9-12-19-5-4-6-20(19)13-17/h7-13,15,21H,3-6,14H2,1-2H3. The van der Waals surface area contributed by atoms with E-state index in [1.165, 1.54) is 36.0 Å². The first-order chi connectivity index (χ1) is 10.3. The van der Waals surface area contributed by atoms with Crippen molar-refractivity contribution in [3.05, 3.63) is 70.3 Å². The third-order valence-corrected chi connectivity index (χ3v) is 4.66. The minimum absolute atomic E-state index is 0.393. The van der Waals surface area contributed by atoms with Crippen LogP contribution in [-0.2, 0) is 25.8 Å². The van der Waals surface area contributed by atoms with E-state index < -0.39 is 0 Å². The largest absolute Gasteiger partial charge is 0.306 e. The Labute approximate surface area is 128 Å². The van der Waals surface area contributed by atoms with E-state index in [-0.39, 0.29) is 0 Å². The predicted molar refractivity (Wildman–Crippen MR) is 89.5 cm³/mol. The lowest BCUT2D eigenvalue weighted by Crippen LogP contribution is -2.18. The van der Waals surface area contributed by atoms with Gasteiger partial charge in [0.25, 0.3) is 0 Å². The first-order valence-corrected chi connectivity index (χ1v) is 8.19. The van der Waals surface area contributed by atoms with Crippen LogP contribution in [-0.4, -0.2) is 0 Å². The molecular formula is C20H25N. The van der Waals surface area contributed by atoms with E-state index in [0.717, 1.165) is 13.0 Å². The Morgan fingerprint density at radius 3 is 2.43 bits per heavy atom. The Kier molecular flexibility index (Phi) is 4.40. The lowest BCUT2D eigenvalue weighted by atomic mass is 10.0. The van der Waals surface area contributed by atoms with Gasteiger partial charge in [0.2, 0.25) is 0 Å². The third-order valence-electron chi connectivity index (χ3n) is 4.66. The van der Waals surface area contributed by atoms with Gasteiger partial charge in [-0.1, -0.05) is 49.4 Å². The maximum atomic E-state index is 3.64. The van der Waals surface area contributed by atoms with E-state index in [0.29, 0.717) is 6.04 Å². The molecule has 0 heterocycles. The number of nitrogens with one attached hydrogen (secondary N) is 1. The van der Waals surface area contributed by atoms with Crippen LogP contribution in [0.1, 0.15) is 54.1 Å². The van der Waals surface area contributed by atoms with Crippen LogP contribution in [0, 0.1) is 0 Å². The Morgan fingerprint density at radius 2 is 1.67 bits per heavy atom. The molecule has 1 atom stereocenters. The third kappa shape index (κ3) is 3.36. The van der Waals surface area contributed by atoms with Gasteiger partial charge in [-0.05, 0) is 60.4 Å². The Morgan fingerprint density at radius 1 is 0.952 bits per heavy atom. The molecule has 1 nitrogen and oxygen atoms in total. The van der Waals surface area contributed by atoms with E-state index in [1.54, 1.807) is 11.1 Å². The molecular weight excluding hydrogens is 254 g/mol. The molecule has 1 N–H and O–H groups in total. The van der Waals surface area contributed by atoms with Crippen molar-refractivity contribution in [2.45, 2.75) is 52.1 Å². The second kappa shape index (κ2) is 6.44. The van der Waals surface area contributed by atoms with Gasteiger partial charge < -0.3 is 5.32 Å². The molecule has 1 unspecified atom stereocenters. The van der Waals surface area contributed by atoms with Gasteiger partial charge >= 0.3 is 0 Å². The average molecular weight is 279 g/mol. The highest BCUT2D eigenvalue weighted by Gasteiger charge is 2.11. The fourth-order valence-corrected chi connectivity index (χ4v) is 3.17. The minimum Gasteiger partial charge on any atom is -0.306 e. The summed E-state index contributed by atoms with van der Waals surface area (Å²) in [7, 11) is 0. The zero-order valence-electron chi connectivity index (χ0n) is 13.2. The first kappa shape index (κ1) is 14.3. The molecule has 0 spiro atoms. The van der Waals surface area contributed by atoms with Crippen molar-refractivity contribution >= 4 is 0 Å². The average Bonchev–Trinajstić information content (AvgIpc) is 3.00. The first-order valence-electron chi connectivity index (χ1n) is 8.19. The van der Waals surface area contributed by atoms with Gasteiger partial charge in [0.1, 0.15) is 0 Å². The molecule has 0 saturated heterocycles. The van der Waals surface area contributed by atoms with Gasteiger partial charge in [0, 0.05) is 12.6 Å². The summed E-state index contributed by atoms with van der Waals surface area (Å²) in [6.07, 6.45) is 4.96. The number of fused-ring (bicyclic) bond motifs is 1.